The first-order valence-electron chi connectivity index (χ1n) is 9.01. The van der Waals surface area contributed by atoms with E-state index in [0.29, 0.717) is 0 Å². The Kier molecular flexibility index (Phi) is 5.78. The molecule has 6 heteroatoms. The molecule has 1 aromatic carbocycles. The number of thioether (sulfide) groups is 1. The van der Waals surface area contributed by atoms with Crippen LogP contribution in [0.15, 0.2) is 29.4 Å². The SMILES string of the molecule is Cc1cccc(-n2c(C)nnc2S[C@H](C)C(=O)N2CCCCCC2)c1. The van der Waals surface area contributed by atoms with E-state index in [1.54, 1.807) is 0 Å². The molecule has 0 N–H and O–H groups in total. The fourth-order valence-electron chi connectivity index (χ4n) is 3.24. The summed E-state index contributed by atoms with van der Waals surface area (Å²) in [5.41, 5.74) is 2.23. The zero-order valence-electron chi connectivity index (χ0n) is 15.2. The zero-order valence-corrected chi connectivity index (χ0v) is 16.1. The summed E-state index contributed by atoms with van der Waals surface area (Å²) in [6, 6.07) is 8.27. The molecule has 0 spiro atoms. The van der Waals surface area contributed by atoms with Crippen LogP contribution in [-0.2, 0) is 4.79 Å². The van der Waals surface area contributed by atoms with Crippen LogP contribution < -0.4 is 0 Å². The first-order chi connectivity index (χ1) is 12.1. The van der Waals surface area contributed by atoms with Crippen LogP contribution in [0.4, 0.5) is 0 Å². The number of carbonyl (C=O) groups is 1. The van der Waals surface area contributed by atoms with Crippen molar-refractivity contribution in [1.29, 1.82) is 0 Å². The van der Waals surface area contributed by atoms with Crippen LogP contribution in [0, 0.1) is 13.8 Å². The highest BCUT2D eigenvalue weighted by Gasteiger charge is 2.24. The standard InChI is InChI=1S/C19H26N4OS/c1-14-9-8-10-17(13-14)23-16(3)20-21-19(23)25-15(2)18(24)22-11-6-4-5-7-12-22/h8-10,13,15H,4-7,11-12H2,1-3H3/t15-/m1/s1. The van der Waals surface area contributed by atoms with Crippen LogP contribution in [-0.4, -0.2) is 43.9 Å². The Morgan fingerprint density at radius 3 is 2.52 bits per heavy atom. The molecule has 1 fully saturated rings. The second-order valence-corrected chi connectivity index (χ2v) is 8.01. The Bertz CT molecular complexity index is 735. The molecule has 1 saturated heterocycles. The van der Waals surface area contributed by atoms with Crippen molar-refractivity contribution in [2.45, 2.75) is 56.9 Å². The van der Waals surface area contributed by atoms with Crippen molar-refractivity contribution in [3.63, 3.8) is 0 Å². The van der Waals surface area contributed by atoms with E-state index < -0.39 is 0 Å². The van der Waals surface area contributed by atoms with Crippen LogP contribution in [0.1, 0.15) is 44.0 Å². The van der Waals surface area contributed by atoms with E-state index in [1.165, 1.54) is 30.2 Å². The molecule has 2 aromatic rings. The second-order valence-electron chi connectivity index (χ2n) is 6.70. The molecule has 1 aromatic heterocycles. The Morgan fingerprint density at radius 1 is 1.12 bits per heavy atom. The Morgan fingerprint density at radius 2 is 1.84 bits per heavy atom. The third-order valence-corrected chi connectivity index (χ3v) is 5.63. The van der Waals surface area contributed by atoms with E-state index >= 15 is 0 Å². The van der Waals surface area contributed by atoms with E-state index in [4.69, 9.17) is 0 Å². The molecule has 3 rings (SSSR count). The lowest BCUT2D eigenvalue weighted by Gasteiger charge is -2.23. The molecular weight excluding hydrogens is 332 g/mol. The number of hydrogen-bond donors (Lipinski definition) is 0. The molecule has 0 unspecified atom stereocenters. The highest BCUT2D eigenvalue weighted by Crippen LogP contribution is 2.27. The lowest BCUT2D eigenvalue weighted by atomic mass is 10.2. The highest BCUT2D eigenvalue weighted by molar-refractivity contribution is 8.00. The first-order valence-corrected chi connectivity index (χ1v) is 9.89. The van der Waals surface area contributed by atoms with Gasteiger partial charge < -0.3 is 4.90 Å². The quantitative estimate of drug-likeness (QED) is 0.781. The van der Waals surface area contributed by atoms with Gasteiger partial charge in [-0.05, 0) is 51.3 Å². The molecule has 0 radical (unpaired) electrons. The summed E-state index contributed by atoms with van der Waals surface area (Å²) >= 11 is 1.50. The first kappa shape index (κ1) is 18.0. The van der Waals surface area contributed by atoms with Crippen molar-refractivity contribution >= 4 is 17.7 Å². The number of rotatable bonds is 4. The predicted octanol–water partition coefficient (Wildman–Crippen LogP) is 3.77. The number of aryl methyl sites for hydroxylation is 2. The number of benzene rings is 1. The van der Waals surface area contributed by atoms with E-state index in [-0.39, 0.29) is 11.2 Å². The van der Waals surface area contributed by atoms with Crippen LogP contribution in [0.25, 0.3) is 5.69 Å². The Labute approximate surface area is 153 Å². The van der Waals surface area contributed by atoms with Crippen molar-refractivity contribution in [1.82, 2.24) is 19.7 Å². The molecule has 2 heterocycles. The minimum Gasteiger partial charge on any atom is -0.342 e. The summed E-state index contributed by atoms with van der Waals surface area (Å²) in [6.45, 7) is 7.76. The summed E-state index contributed by atoms with van der Waals surface area (Å²) in [6.07, 6.45) is 4.68. The van der Waals surface area contributed by atoms with Crippen molar-refractivity contribution in [2.75, 3.05) is 13.1 Å². The summed E-state index contributed by atoms with van der Waals surface area (Å²) < 4.78 is 2.03. The van der Waals surface area contributed by atoms with Gasteiger partial charge in [0, 0.05) is 18.8 Å². The van der Waals surface area contributed by atoms with Gasteiger partial charge in [-0.15, -0.1) is 10.2 Å². The molecule has 0 aliphatic carbocycles. The van der Waals surface area contributed by atoms with Gasteiger partial charge in [-0.1, -0.05) is 36.7 Å². The third-order valence-electron chi connectivity index (χ3n) is 4.60. The molecule has 0 bridgehead atoms. The summed E-state index contributed by atoms with van der Waals surface area (Å²) in [5, 5.41) is 9.16. The van der Waals surface area contributed by atoms with E-state index in [1.807, 2.05) is 29.4 Å². The van der Waals surface area contributed by atoms with Gasteiger partial charge in [0.25, 0.3) is 0 Å². The molecule has 134 valence electrons. The van der Waals surface area contributed by atoms with Gasteiger partial charge in [-0.2, -0.15) is 0 Å². The lowest BCUT2D eigenvalue weighted by molar-refractivity contribution is -0.130. The van der Waals surface area contributed by atoms with Crippen molar-refractivity contribution in [3.05, 3.63) is 35.7 Å². The summed E-state index contributed by atoms with van der Waals surface area (Å²) in [4.78, 5) is 14.8. The molecular formula is C19H26N4OS. The van der Waals surface area contributed by atoms with Crippen LogP contribution >= 0.6 is 11.8 Å². The van der Waals surface area contributed by atoms with E-state index in [0.717, 1.165) is 42.6 Å². The normalized spacial score (nSPS) is 16.5. The zero-order chi connectivity index (χ0) is 17.8. The fraction of sp³-hybridized carbons (Fsp3) is 0.526. The molecule has 1 aliphatic heterocycles. The van der Waals surface area contributed by atoms with Gasteiger partial charge in [0.05, 0.1) is 5.25 Å². The van der Waals surface area contributed by atoms with Gasteiger partial charge in [0.15, 0.2) is 5.16 Å². The van der Waals surface area contributed by atoms with Crippen molar-refractivity contribution in [2.24, 2.45) is 0 Å². The maximum absolute atomic E-state index is 12.8. The molecule has 5 nitrogen and oxygen atoms in total. The van der Waals surface area contributed by atoms with Crippen LogP contribution in [0.5, 0.6) is 0 Å². The van der Waals surface area contributed by atoms with E-state index in [9.17, 15) is 4.79 Å². The number of amides is 1. The van der Waals surface area contributed by atoms with E-state index in [2.05, 4.69) is 35.3 Å². The highest BCUT2D eigenvalue weighted by atomic mass is 32.2. The summed E-state index contributed by atoms with van der Waals surface area (Å²) in [7, 11) is 0. The fourth-order valence-corrected chi connectivity index (χ4v) is 4.24. The average Bonchev–Trinajstić information content (AvgIpc) is 2.80. The van der Waals surface area contributed by atoms with Gasteiger partial charge >= 0.3 is 0 Å². The maximum atomic E-state index is 12.8. The number of hydrogen-bond acceptors (Lipinski definition) is 4. The number of aromatic nitrogens is 3. The molecule has 0 saturated carbocycles. The Balaban J connectivity index is 1.77. The van der Waals surface area contributed by atoms with Gasteiger partial charge in [-0.25, -0.2) is 0 Å². The maximum Gasteiger partial charge on any atom is 0.235 e. The van der Waals surface area contributed by atoms with Gasteiger partial charge in [0.2, 0.25) is 5.91 Å². The molecule has 1 aliphatic rings. The van der Waals surface area contributed by atoms with Crippen LogP contribution in [0.3, 0.4) is 0 Å². The molecule has 1 amide bonds. The van der Waals surface area contributed by atoms with Gasteiger partial charge in [-0.3, -0.25) is 9.36 Å². The predicted molar refractivity (Wildman–Crippen MR) is 101 cm³/mol. The van der Waals surface area contributed by atoms with Crippen LogP contribution in [0.2, 0.25) is 0 Å². The lowest BCUT2D eigenvalue weighted by Crippen LogP contribution is -2.37. The number of nitrogens with zero attached hydrogens (tertiary/aromatic N) is 4. The largest absolute Gasteiger partial charge is 0.342 e. The monoisotopic (exact) mass is 358 g/mol. The van der Waals surface area contributed by atoms with Crippen molar-refractivity contribution in [3.8, 4) is 5.69 Å². The third kappa shape index (κ3) is 4.24. The topological polar surface area (TPSA) is 51.0 Å². The molecule has 1 atom stereocenters. The molecule has 25 heavy (non-hydrogen) atoms. The minimum atomic E-state index is -0.162. The average molecular weight is 359 g/mol. The number of carbonyl (C=O) groups excluding carboxylic acids is 1. The smallest absolute Gasteiger partial charge is 0.235 e. The van der Waals surface area contributed by atoms with Crippen molar-refractivity contribution < 1.29 is 4.79 Å². The second kappa shape index (κ2) is 8.04. The Hall–Kier alpha value is -1.82. The van der Waals surface area contributed by atoms with Gasteiger partial charge in [0.1, 0.15) is 5.82 Å². The minimum absolute atomic E-state index is 0.162. The number of likely N-dealkylation sites (tertiary alicyclic amines) is 1. The summed E-state index contributed by atoms with van der Waals surface area (Å²) in [5.74, 6) is 1.05.